The molecular formula is C16H20N2O2. The van der Waals surface area contributed by atoms with E-state index in [4.69, 9.17) is 4.42 Å². The molecular weight excluding hydrogens is 252 g/mol. The summed E-state index contributed by atoms with van der Waals surface area (Å²) in [5.41, 5.74) is 0.954. The van der Waals surface area contributed by atoms with Crippen LogP contribution in [0.2, 0.25) is 0 Å². The zero-order chi connectivity index (χ0) is 13.9. The van der Waals surface area contributed by atoms with Crippen molar-refractivity contribution in [2.75, 3.05) is 0 Å². The highest BCUT2D eigenvalue weighted by molar-refractivity contribution is 5.94. The summed E-state index contributed by atoms with van der Waals surface area (Å²) in [5, 5.41) is 4.06. The summed E-state index contributed by atoms with van der Waals surface area (Å²) < 4.78 is 5.25. The molecule has 0 saturated heterocycles. The molecule has 2 unspecified atom stereocenters. The maximum Gasteiger partial charge on any atom is 0.270 e. The number of hydrogen-bond acceptors (Lipinski definition) is 3. The van der Waals surface area contributed by atoms with E-state index in [-0.39, 0.29) is 11.9 Å². The first kappa shape index (κ1) is 13.2. The summed E-state index contributed by atoms with van der Waals surface area (Å²) in [6.45, 7) is 2.22. The monoisotopic (exact) mass is 272 g/mol. The smallest absolute Gasteiger partial charge is 0.270 e. The predicted molar refractivity (Wildman–Crippen MR) is 77.5 cm³/mol. The van der Waals surface area contributed by atoms with Crippen molar-refractivity contribution in [3.05, 3.63) is 30.2 Å². The largest absolute Gasteiger partial charge is 0.446 e. The zero-order valence-corrected chi connectivity index (χ0v) is 11.8. The Morgan fingerprint density at radius 2 is 2.10 bits per heavy atom. The second kappa shape index (κ2) is 5.65. The molecule has 2 atom stereocenters. The van der Waals surface area contributed by atoms with Gasteiger partial charge in [0.2, 0.25) is 5.71 Å². The Hall–Kier alpha value is -1.84. The van der Waals surface area contributed by atoms with Crippen molar-refractivity contribution in [3.8, 4) is 0 Å². The van der Waals surface area contributed by atoms with E-state index in [0.717, 1.165) is 11.8 Å². The number of furan rings is 1. The van der Waals surface area contributed by atoms with Crippen LogP contribution in [0, 0.1) is 5.92 Å². The fourth-order valence-electron chi connectivity index (χ4n) is 2.92. The van der Waals surface area contributed by atoms with Gasteiger partial charge in [0.15, 0.2) is 0 Å². The van der Waals surface area contributed by atoms with Gasteiger partial charge in [-0.15, -0.1) is 0 Å². The van der Waals surface area contributed by atoms with E-state index in [2.05, 4.69) is 17.2 Å². The van der Waals surface area contributed by atoms with Gasteiger partial charge in [0.25, 0.3) is 5.91 Å². The molecule has 106 valence electrons. The Labute approximate surface area is 118 Å². The summed E-state index contributed by atoms with van der Waals surface area (Å²) in [5.74, 6) is 0.441. The van der Waals surface area contributed by atoms with E-state index in [1.54, 1.807) is 12.3 Å². The number of carbonyl (C=O) groups is 1. The topological polar surface area (TPSA) is 55.1 Å². The van der Waals surface area contributed by atoms with E-state index < -0.39 is 0 Å². The molecule has 1 amide bonds. The van der Waals surface area contributed by atoms with Crippen LogP contribution in [0.1, 0.15) is 49.5 Å². The fourth-order valence-corrected chi connectivity index (χ4v) is 2.92. The molecule has 1 aliphatic rings. The Bertz CT molecular complexity index is 605. The highest BCUT2D eigenvalue weighted by Gasteiger charge is 2.22. The maximum absolute atomic E-state index is 12.3. The second-order valence-electron chi connectivity index (χ2n) is 5.71. The SMILES string of the molecule is CC1CCCCCC1NC(=O)c1ccc2ccoc2n1. The Morgan fingerprint density at radius 1 is 1.25 bits per heavy atom. The molecule has 2 heterocycles. The van der Waals surface area contributed by atoms with Gasteiger partial charge in [-0.05, 0) is 37.0 Å². The molecule has 4 nitrogen and oxygen atoms in total. The van der Waals surface area contributed by atoms with Gasteiger partial charge >= 0.3 is 0 Å². The van der Waals surface area contributed by atoms with Gasteiger partial charge in [-0.3, -0.25) is 4.79 Å². The lowest BCUT2D eigenvalue weighted by atomic mass is 9.97. The normalized spacial score (nSPS) is 23.4. The number of hydrogen-bond donors (Lipinski definition) is 1. The summed E-state index contributed by atoms with van der Waals surface area (Å²) in [6, 6.07) is 5.74. The summed E-state index contributed by atoms with van der Waals surface area (Å²) in [7, 11) is 0. The molecule has 0 aromatic carbocycles. The van der Waals surface area contributed by atoms with Crippen molar-refractivity contribution in [2.24, 2.45) is 5.92 Å². The van der Waals surface area contributed by atoms with Gasteiger partial charge in [0, 0.05) is 11.4 Å². The first-order valence-corrected chi connectivity index (χ1v) is 7.39. The van der Waals surface area contributed by atoms with Crippen LogP contribution in [0.3, 0.4) is 0 Å². The molecule has 0 aliphatic heterocycles. The lowest BCUT2D eigenvalue weighted by Crippen LogP contribution is -2.39. The van der Waals surface area contributed by atoms with Crippen molar-refractivity contribution >= 4 is 17.0 Å². The molecule has 2 aromatic heterocycles. The van der Waals surface area contributed by atoms with Crippen LogP contribution in [0.15, 0.2) is 28.9 Å². The summed E-state index contributed by atoms with van der Waals surface area (Å²) in [4.78, 5) is 16.6. The third-order valence-electron chi connectivity index (χ3n) is 4.23. The first-order valence-electron chi connectivity index (χ1n) is 7.39. The summed E-state index contributed by atoms with van der Waals surface area (Å²) in [6.07, 6.45) is 7.58. The third kappa shape index (κ3) is 2.69. The minimum atomic E-state index is -0.0953. The van der Waals surface area contributed by atoms with Crippen LogP contribution < -0.4 is 5.32 Å². The number of rotatable bonds is 2. The van der Waals surface area contributed by atoms with Gasteiger partial charge < -0.3 is 9.73 Å². The molecule has 0 spiro atoms. The lowest BCUT2D eigenvalue weighted by molar-refractivity contribution is 0.0916. The Morgan fingerprint density at radius 3 is 3.00 bits per heavy atom. The van der Waals surface area contributed by atoms with Crippen LogP contribution in [-0.2, 0) is 0 Å². The fraction of sp³-hybridized carbons (Fsp3) is 0.500. The van der Waals surface area contributed by atoms with Crippen molar-refractivity contribution in [1.82, 2.24) is 10.3 Å². The number of carbonyl (C=O) groups excluding carboxylic acids is 1. The highest BCUT2D eigenvalue weighted by Crippen LogP contribution is 2.23. The average Bonchev–Trinajstić information content (AvgIpc) is 2.83. The van der Waals surface area contributed by atoms with Crippen LogP contribution in [0.5, 0.6) is 0 Å². The minimum absolute atomic E-state index is 0.0953. The van der Waals surface area contributed by atoms with Gasteiger partial charge in [0.05, 0.1) is 6.26 Å². The quantitative estimate of drug-likeness (QED) is 0.851. The number of amides is 1. The molecule has 2 aromatic rings. The summed E-state index contributed by atoms with van der Waals surface area (Å²) >= 11 is 0. The van der Waals surface area contributed by atoms with Crippen LogP contribution in [0.4, 0.5) is 0 Å². The van der Waals surface area contributed by atoms with Crippen molar-refractivity contribution in [2.45, 2.75) is 45.1 Å². The Kier molecular flexibility index (Phi) is 3.72. The van der Waals surface area contributed by atoms with Crippen LogP contribution >= 0.6 is 0 Å². The number of pyridine rings is 1. The predicted octanol–water partition coefficient (Wildman–Crippen LogP) is 3.53. The van der Waals surface area contributed by atoms with E-state index in [1.807, 2.05) is 12.1 Å². The molecule has 1 fully saturated rings. The van der Waals surface area contributed by atoms with E-state index in [9.17, 15) is 4.79 Å². The maximum atomic E-state index is 12.3. The molecule has 0 radical (unpaired) electrons. The second-order valence-corrected chi connectivity index (χ2v) is 5.71. The van der Waals surface area contributed by atoms with E-state index in [1.165, 1.54) is 25.7 Å². The van der Waals surface area contributed by atoms with Gasteiger partial charge in [-0.1, -0.05) is 26.2 Å². The number of fused-ring (bicyclic) bond motifs is 1. The molecule has 0 bridgehead atoms. The average molecular weight is 272 g/mol. The molecule has 4 heteroatoms. The molecule has 1 aliphatic carbocycles. The molecule has 3 rings (SSSR count). The molecule has 1 N–H and O–H groups in total. The third-order valence-corrected chi connectivity index (χ3v) is 4.23. The zero-order valence-electron chi connectivity index (χ0n) is 11.8. The van der Waals surface area contributed by atoms with Crippen molar-refractivity contribution < 1.29 is 9.21 Å². The molecule has 20 heavy (non-hydrogen) atoms. The standard InChI is InChI=1S/C16H20N2O2/c1-11-5-3-2-4-6-13(11)17-15(19)14-8-7-12-9-10-20-16(12)18-14/h7-11,13H,2-6H2,1H3,(H,17,19). The van der Waals surface area contributed by atoms with Crippen molar-refractivity contribution in [3.63, 3.8) is 0 Å². The highest BCUT2D eigenvalue weighted by atomic mass is 16.3. The molecule has 1 saturated carbocycles. The van der Waals surface area contributed by atoms with Crippen molar-refractivity contribution in [1.29, 1.82) is 0 Å². The number of nitrogens with one attached hydrogen (secondary N) is 1. The van der Waals surface area contributed by atoms with Crippen LogP contribution in [-0.4, -0.2) is 16.9 Å². The lowest BCUT2D eigenvalue weighted by Gasteiger charge is -2.22. The van der Waals surface area contributed by atoms with E-state index in [0.29, 0.717) is 17.3 Å². The first-order chi connectivity index (χ1) is 9.74. The number of nitrogens with zero attached hydrogens (tertiary/aromatic N) is 1. The van der Waals surface area contributed by atoms with Gasteiger partial charge in [-0.25, -0.2) is 4.98 Å². The van der Waals surface area contributed by atoms with E-state index >= 15 is 0 Å². The van der Waals surface area contributed by atoms with Gasteiger partial charge in [-0.2, -0.15) is 0 Å². The Balaban J connectivity index is 1.74. The minimum Gasteiger partial charge on any atom is -0.446 e. The number of aromatic nitrogens is 1. The van der Waals surface area contributed by atoms with Gasteiger partial charge in [0.1, 0.15) is 5.69 Å². The van der Waals surface area contributed by atoms with Crippen LogP contribution in [0.25, 0.3) is 11.1 Å².